The van der Waals surface area contributed by atoms with Crippen molar-refractivity contribution in [3.8, 4) is 0 Å². The van der Waals surface area contributed by atoms with E-state index in [1.54, 1.807) is 0 Å². The van der Waals surface area contributed by atoms with Crippen LogP contribution >= 0.6 is 0 Å². The molecule has 0 bridgehead atoms. The summed E-state index contributed by atoms with van der Waals surface area (Å²) in [7, 11) is 0. The van der Waals surface area contributed by atoms with E-state index in [0.717, 1.165) is 38.5 Å². The first kappa shape index (κ1) is 67.1. The maximum absolute atomic E-state index is 12.9. The highest BCUT2D eigenvalue weighted by Crippen LogP contribution is 2.33. The third-order valence-electron chi connectivity index (χ3n) is 15.2. The van der Waals surface area contributed by atoms with Crippen LogP contribution in [0.15, 0.2) is 0 Å². The maximum atomic E-state index is 12.9. The lowest BCUT2D eigenvalue weighted by molar-refractivity contribution is -0.379. The van der Waals surface area contributed by atoms with Crippen LogP contribution in [0.1, 0.15) is 213 Å². The molecule has 17 atom stereocenters. The van der Waals surface area contributed by atoms with Crippen molar-refractivity contribution in [1.29, 1.82) is 0 Å². The number of carbonyl (C=O) groups is 1. The Morgan fingerprint density at radius 2 is 0.770 bits per heavy atom. The van der Waals surface area contributed by atoms with E-state index in [0.29, 0.717) is 12.8 Å². The van der Waals surface area contributed by atoms with E-state index in [1.807, 2.05) is 6.92 Å². The zero-order chi connectivity index (χ0) is 54.1. The van der Waals surface area contributed by atoms with Gasteiger partial charge in [-0.3, -0.25) is 4.79 Å². The summed E-state index contributed by atoms with van der Waals surface area (Å²) < 4.78 is 34.1. The Morgan fingerprint density at radius 1 is 0.432 bits per heavy atom. The van der Waals surface area contributed by atoms with Crippen LogP contribution in [0.5, 0.6) is 0 Å². The summed E-state index contributed by atoms with van der Waals surface area (Å²) in [6.45, 7) is 1.61. The van der Waals surface area contributed by atoms with Crippen molar-refractivity contribution < 1.29 is 89.4 Å². The smallest absolute Gasteiger partial charge is 0.220 e. The van der Waals surface area contributed by atoms with Crippen molar-refractivity contribution in [3.63, 3.8) is 0 Å². The number of rotatable bonds is 43. The second-order valence-electron chi connectivity index (χ2n) is 21.5. The molecule has 3 rings (SSSR count). The van der Waals surface area contributed by atoms with Crippen LogP contribution in [-0.4, -0.2) is 193 Å². The van der Waals surface area contributed by atoms with Gasteiger partial charge in [-0.25, -0.2) is 0 Å². The monoisotopic (exact) mass is 1070 g/mol. The molecule has 0 aromatic rings. The normalized spacial score (nSPS) is 31.4. The van der Waals surface area contributed by atoms with Gasteiger partial charge in [0, 0.05) is 6.42 Å². The molecule has 0 aromatic carbocycles. The molecule has 74 heavy (non-hydrogen) atoms. The number of carbonyl (C=O) groups excluding carboxylic acids is 1. The fourth-order valence-electron chi connectivity index (χ4n) is 10.3. The third kappa shape index (κ3) is 24.4. The van der Waals surface area contributed by atoms with E-state index in [-0.39, 0.29) is 18.9 Å². The van der Waals surface area contributed by atoms with Gasteiger partial charge in [0.25, 0.3) is 0 Å². The second-order valence-corrected chi connectivity index (χ2v) is 21.5. The summed E-state index contributed by atoms with van der Waals surface area (Å²) >= 11 is 0. The Morgan fingerprint density at radius 3 is 1.18 bits per heavy atom. The maximum Gasteiger partial charge on any atom is 0.220 e. The number of hydrogen-bond donors (Lipinski definition) is 12. The molecular formula is C55H105NO18. The third-order valence-corrected chi connectivity index (χ3v) is 15.2. The van der Waals surface area contributed by atoms with Crippen LogP contribution in [0, 0.1) is 0 Å². The van der Waals surface area contributed by atoms with Gasteiger partial charge >= 0.3 is 0 Å². The fourth-order valence-corrected chi connectivity index (χ4v) is 10.3. The topological polar surface area (TPSA) is 307 Å². The minimum Gasteiger partial charge on any atom is -0.394 e. The van der Waals surface area contributed by atoms with Crippen molar-refractivity contribution >= 4 is 5.91 Å². The van der Waals surface area contributed by atoms with E-state index >= 15 is 0 Å². The van der Waals surface area contributed by atoms with Crippen LogP contribution in [0.3, 0.4) is 0 Å². The van der Waals surface area contributed by atoms with Crippen LogP contribution < -0.4 is 5.32 Å². The highest BCUT2D eigenvalue weighted by atomic mass is 16.8. The molecule has 0 spiro atoms. The van der Waals surface area contributed by atoms with Crippen molar-refractivity contribution in [2.75, 3.05) is 26.4 Å². The number of unbranched alkanes of at least 4 members (excludes halogenated alkanes) is 27. The van der Waals surface area contributed by atoms with E-state index < -0.39 is 124 Å². The van der Waals surface area contributed by atoms with Gasteiger partial charge in [-0.1, -0.05) is 194 Å². The predicted octanol–water partition coefficient (Wildman–Crippen LogP) is 4.43. The van der Waals surface area contributed by atoms with Crippen molar-refractivity contribution in [3.05, 3.63) is 0 Å². The minimum atomic E-state index is -1.97. The average molecular weight is 1070 g/mol. The fraction of sp³-hybridized carbons (Fsp3) is 0.982. The average Bonchev–Trinajstić information content (AvgIpc) is 3.39. The van der Waals surface area contributed by atoms with Gasteiger partial charge in [0.2, 0.25) is 5.91 Å². The number of nitrogens with one attached hydrogen (secondary N) is 1. The molecule has 0 radical (unpaired) electrons. The number of aliphatic hydroxyl groups excluding tert-OH is 11. The van der Waals surface area contributed by atoms with Crippen molar-refractivity contribution in [1.82, 2.24) is 5.32 Å². The molecule has 0 saturated carbocycles. The highest BCUT2D eigenvalue weighted by molar-refractivity contribution is 5.76. The summed E-state index contributed by atoms with van der Waals surface area (Å²) in [4.78, 5) is 12.9. The first-order valence-electron chi connectivity index (χ1n) is 29.3. The van der Waals surface area contributed by atoms with Gasteiger partial charge in [0.05, 0.1) is 38.6 Å². The number of aliphatic hydroxyl groups is 11. The van der Waals surface area contributed by atoms with Crippen LogP contribution in [0.25, 0.3) is 0 Å². The lowest BCUT2D eigenvalue weighted by Crippen LogP contribution is -2.66. The van der Waals surface area contributed by atoms with E-state index in [4.69, 9.17) is 28.4 Å². The van der Waals surface area contributed by atoms with Gasteiger partial charge < -0.3 is 89.9 Å². The van der Waals surface area contributed by atoms with E-state index in [1.165, 1.54) is 141 Å². The largest absolute Gasteiger partial charge is 0.394 e. The van der Waals surface area contributed by atoms with Gasteiger partial charge in [0.1, 0.15) is 73.2 Å². The molecule has 438 valence electrons. The van der Waals surface area contributed by atoms with E-state index in [9.17, 15) is 61.0 Å². The Bertz CT molecular complexity index is 1370. The van der Waals surface area contributed by atoms with Crippen molar-refractivity contribution in [2.45, 2.75) is 317 Å². The van der Waals surface area contributed by atoms with Gasteiger partial charge in [-0.2, -0.15) is 0 Å². The molecule has 3 aliphatic heterocycles. The molecular weight excluding hydrogens is 963 g/mol. The van der Waals surface area contributed by atoms with E-state index in [2.05, 4.69) is 12.2 Å². The summed E-state index contributed by atoms with van der Waals surface area (Å²) in [6.07, 6.45) is 10.5. The molecule has 12 N–H and O–H groups in total. The minimum absolute atomic E-state index is 0.255. The molecule has 3 heterocycles. The Balaban J connectivity index is 1.34. The van der Waals surface area contributed by atoms with Crippen LogP contribution in [0.2, 0.25) is 0 Å². The van der Waals surface area contributed by atoms with Crippen molar-refractivity contribution in [2.24, 2.45) is 0 Å². The Labute approximate surface area is 443 Å². The molecule has 0 aromatic heterocycles. The Kier molecular flexibility index (Phi) is 36.3. The SMILES string of the molecule is CCCCCCCCCCCCCCCCCCCCCCCCCCCCC(O)C(COC1OC(CO)C(OC2OC(CO)C(OC3OC(CO)C(O)C(O)C3O)C(O)C2O)C(O)C1O)NC(=O)CCCCC. The number of hydrogen-bond acceptors (Lipinski definition) is 18. The highest BCUT2D eigenvalue weighted by Gasteiger charge is 2.53. The summed E-state index contributed by atoms with van der Waals surface area (Å²) in [5.41, 5.74) is 0. The second kappa shape index (κ2) is 40.0. The first-order chi connectivity index (χ1) is 35.8. The van der Waals surface area contributed by atoms with Gasteiger partial charge in [-0.05, 0) is 12.8 Å². The lowest BCUT2D eigenvalue weighted by Gasteiger charge is -2.48. The van der Waals surface area contributed by atoms with Crippen LogP contribution in [-0.2, 0) is 33.2 Å². The van der Waals surface area contributed by atoms with Gasteiger partial charge in [-0.15, -0.1) is 0 Å². The first-order valence-corrected chi connectivity index (χ1v) is 29.3. The summed E-state index contributed by atoms with van der Waals surface area (Å²) in [5, 5.41) is 119. The molecule has 3 saturated heterocycles. The van der Waals surface area contributed by atoms with Gasteiger partial charge in [0.15, 0.2) is 18.9 Å². The Hall–Kier alpha value is -1.21. The zero-order valence-electron chi connectivity index (χ0n) is 45.3. The lowest BCUT2D eigenvalue weighted by atomic mass is 9.96. The zero-order valence-corrected chi connectivity index (χ0v) is 45.3. The molecule has 1 amide bonds. The molecule has 19 nitrogen and oxygen atoms in total. The predicted molar refractivity (Wildman–Crippen MR) is 277 cm³/mol. The molecule has 0 aliphatic carbocycles. The summed E-state index contributed by atoms with van der Waals surface area (Å²) in [6, 6.07) is -0.876. The molecule has 19 heteroatoms. The number of amides is 1. The summed E-state index contributed by atoms with van der Waals surface area (Å²) in [5.74, 6) is -0.266. The molecule has 3 fully saturated rings. The standard InChI is InChI=1S/C55H105NO18/c1-3-5-7-8-9-10-11-12-13-14-15-16-17-18-19-20-21-22-23-24-25-26-27-28-29-31-32-39(60)38(56-43(61)33-30-6-4-2)37-69-53-49(67)46(64)51(41(35-58)71-53)74-55-50(68)47(65)52(42(36-59)72-55)73-54-48(66)45(63)44(62)40(34-57)70-54/h38-42,44-55,57-60,62-68H,3-37H2,1-2H3,(H,56,61). The molecule has 17 unspecified atom stereocenters. The number of ether oxygens (including phenoxy) is 6. The molecule has 3 aliphatic rings. The quantitative estimate of drug-likeness (QED) is 0.0376. The van der Waals surface area contributed by atoms with Crippen LogP contribution in [0.4, 0.5) is 0 Å².